The highest BCUT2D eigenvalue weighted by atomic mass is 16.5. The van der Waals surface area contributed by atoms with Crippen LogP contribution >= 0.6 is 0 Å². The van der Waals surface area contributed by atoms with Crippen molar-refractivity contribution in [2.45, 2.75) is 20.0 Å². The number of methoxy groups -OCH3 is 1. The van der Waals surface area contributed by atoms with Crippen LogP contribution < -0.4 is 9.47 Å². The predicted molar refractivity (Wildman–Crippen MR) is 63.9 cm³/mol. The molecule has 1 N–H and O–H groups in total. The van der Waals surface area contributed by atoms with E-state index in [4.69, 9.17) is 9.47 Å². The Hall–Kier alpha value is -1.48. The van der Waals surface area contributed by atoms with Crippen LogP contribution in [0.1, 0.15) is 25.5 Å². The molecule has 0 bridgehead atoms. The molecule has 0 heterocycles. The van der Waals surface area contributed by atoms with E-state index in [2.05, 4.69) is 6.58 Å². The Morgan fingerprint density at radius 2 is 2.12 bits per heavy atom. The summed E-state index contributed by atoms with van der Waals surface area (Å²) in [5, 5.41) is 9.44. The first-order valence-corrected chi connectivity index (χ1v) is 5.17. The lowest BCUT2D eigenvalue weighted by Gasteiger charge is -2.13. The van der Waals surface area contributed by atoms with Crippen molar-refractivity contribution in [3.05, 3.63) is 35.9 Å². The maximum atomic E-state index is 9.44. The SMILES string of the molecule is C=C(C)COc1ccc(C(C)O)cc1OC. The van der Waals surface area contributed by atoms with Gasteiger partial charge in [0.1, 0.15) is 6.61 Å². The monoisotopic (exact) mass is 222 g/mol. The van der Waals surface area contributed by atoms with Crippen molar-refractivity contribution in [1.29, 1.82) is 0 Å². The smallest absolute Gasteiger partial charge is 0.161 e. The molecule has 0 radical (unpaired) electrons. The van der Waals surface area contributed by atoms with Crippen LogP contribution in [0.4, 0.5) is 0 Å². The zero-order chi connectivity index (χ0) is 12.1. The normalized spacial score (nSPS) is 12.0. The maximum Gasteiger partial charge on any atom is 0.161 e. The molecule has 1 unspecified atom stereocenters. The molecule has 88 valence electrons. The van der Waals surface area contributed by atoms with E-state index in [0.29, 0.717) is 18.1 Å². The first kappa shape index (κ1) is 12.6. The van der Waals surface area contributed by atoms with Gasteiger partial charge in [0.2, 0.25) is 0 Å². The van der Waals surface area contributed by atoms with Gasteiger partial charge in [0.05, 0.1) is 13.2 Å². The number of benzene rings is 1. The van der Waals surface area contributed by atoms with E-state index in [9.17, 15) is 5.11 Å². The number of hydrogen-bond acceptors (Lipinski definition) is 3. The fraction of sp³-hybridized carbons (Fsp3) is 0.385. The second-order valence-corrected chi connectivity index (χ2v) is 3.83. The molecule has 0 saturated carbocycles. The van der Waals surface area contributed by atoms with E-state index in [1.165, 1.54) is 0 Å². The van der Waals surface area contributed by atoms with Crippen LogP contribution in [0.2, 0.25) is 0 Å². The molecule has 1 rings (SSSR count). The van der Waals surface area contributed by atoms with E-state index in [1.807, 2.05) is 13.0 Å². The summed E-state index contributed by atoms with van der Waals surface area (Å²) in [6.45, 7) is 7.84. The van der Waals surface area contributed by atoms with Gasteiger partial charge in [-0.15, -0.1) is 0 Å². The zero-order valence-corrected chi connectivity index (χ0v) is 9.99. The molecule has 0 spiro atoms. The molecule has 0 aliphatic rings. The molecule has 1 aromatic rings. The quantitative estimate of drug-likeness (QED) is 0.778. The van der Waals surface area contributed by atoms with E-state index < -0.39 is 6.10 Å². The standard InChI is InChI=1S/C13H18O3/c1-9(2)8-16-12-6-5-11(10(3)14)7-13(12)15-4/h5-7,10,14H,1,8H2,2-4H3. The summed E-state index contributed by atoms with van der Waals surface area (Å²) >= 11 is 0. The van der Waals surface area contributed by atoms with Gasteiger partial charge in [-0.05, 0) is 37.1 Å². The lowest BCUT2D eigenvalue weighted by molar-refractivity contribution is 0.198. The van der Waals surface area contributed by atoms with Gasteiger partial charge < -0.3 is 14.6 Å². The van der Waals surface area contributed by atoms with Crippen LogP contribution in [0.3, 0.4) is 0 Å². The number of rotatable bonds is 5. The third-order valence-electron chi connectivity index (χ3n) is 2.14. The number of aliphatic hydroxyl groups is 1. The van der Waals surface area contributed by atoms with Crippen molar-refractivity contribution in [1.82, 2.24) is 0 Å². The molecular weight excluding hydrogens is 204 g/mol. The predicted octanol–water partition coefficient (Wildman–Crippen LogP) is 2.70. The Morgan fingerprint density at radius 1 is 1.44 bits per heavy atom. The summed E-state index contributed by atoms with van der Waals surface area (Å²) < 4.78 is 10.7. The van der Waals surface area contributed by atoms with E-state index >= 15 is 0 Å². The minimum Gasteiger partial charge on any atom is -0.493 e. The third kappa shape index (κ3) is 3.28. The highest BCUT2D eigenvalue weighted by Gasteiger charge is 2.08. The molecule has 0 aliphatic carbocycles. The fourth-order valence-corrected chi connectivity index (χ4v) is 1.26. The summed E-state index contributed by atoms with van der Waals surface area (Å²) in [4.78, 5) is 0. The number of hydrogen-bond donors (Lipinski definition) is 1. The maximum absolute atomic E-state index is 9.44. The lowest BCUT2D eigenvalue weighted by Crippen LogP contribution is -2.01. The second kappa shape index (κ2) is 5.56. The lowest BCUT2D eigenvalue weighted by atomic mass is 10.1. The van der Waals surface area contributed by atoms with Gasteiger partial charge in [-0.3, -0.25) is 0 Å². The Morgan fingerprint density at radius 3 is 2.62 bits per heavy atom. The van der Waals surface area contributed by atoms with E-state index in [-0.39, 0.29) is 0 Å². The van der Waals surface area contributed by atoms with Crippen molar-refractivity contribution in [2.75, 3.05) is 13.7 Å². The highest BCUT2D eigenvalue weighted by Crippen LogP contribution is 2.30. The molecule has 1 aromatic carbocycles. The van der Waals surface area contributed by atoms with Crippen LogP contribution in [-0.2, 0) is 0 Å². The molecule has 0 saturated heterocycles. The largest absolute Gasteiger partial charge is 0.493 e. The first-order chi connectivity index (χ1) is 7.54. The van der Waals surface area contributed by atoms with Gasteiger partial charge in [-0.1, -0.05) is 12.6 Å². The van der Waals surface area contributed by atoms with Crippen LogP contribution in [0, 0.1) is 0 Å². The van der Waals surface area contributed by atoms with Crippen LogP contribution in [0.15, 0.2) is 30.4 Å². The zero-order valence-electron chi connectivity index (χ0n) is 9.99. The van der Waals surface area contributed by atoms with Gasteiger partial charge in [-0.2, -0.15) is 0 Å². The molecular formula is C13H18O3. The van der Waals surface area contributed by atoms with Gasteiger partial charge >= 0.3 is 0 Å². The average Bonchev–Trinajstić information content (AvgIpc) is 2.25. The Kier molecular flexibility index (Phi) is 4.38. The molecule has 16 heavy (non-hydrogen) atoms. The van der Waals surface area contributed by atoms with Crippen LogP contribution in [-0.4, -0.2) is 18.8 Å². The highest BCUT2D eigenvalue weighted by molar-refractivity contribution is 5.43. The van der Waals surface area contributed by atoms with Crippen molar-refractivity contribution in [2.24, 2.45) is 0 Å². The Balaban J connectivity index is 2.88. The van der Waals surface area contributed by atoms with Crippen molar-refractivity contribution >= 4 is 0 Å². The third-order valence-corrected chi connectivity index (χ3v) is 2.14. The summed E-state index contributed by atoms with van der Waals surface area (Å²) in [7, 11) is 1.58. The van der Waals surface area contributed by atoms with Gasteiger partial charge in [-0.25, -0.2) is 0 Å². The molecule has 3 nitrogen and oxygen atoms in total. The molecule has 1 atom stereocenters. The molecule has 0 fully saturated rings. The second-order valence-electron chi connectivity index (χ2n) is 3.83. The number of ether oxygens (including phenoxy) is 2. The van der Waals surface area contributed by atoms with Crippen LogP contribution in [0.5, 0.6) is 11.5 Å². The van der Waals surface area contributed by atoms with Gasteiger partial charge in [0.15, 0.2) is 11.5 Å². The molecule has 0 aliphatic heterocycles. The summed E-state index contributed by atoms with van der Waals surface area (Å²) in [6.07, 6.45) is -0.510. The van der Waals surface area contributed by atoms with Crippen molar-refractivity contribution in [3.8, 4) is 11.5 Å². The van der Waals surface area contributed by atoms with Crippen LogP contribution in [0.25, 0.3) is 0 Å². The Labute approximate surface area is 96.3 Å². The van der Waals surface area contributed by atoms with Gasteiger partial charge in [0, 0.05) is 0 Å². The van der Waals surface area contributed by atoms with Gasteiger partial charge in [0.25, 0.3) is 0 Å². The topological polar surface area (TPSA) is 38.7 Å². The molecule has 3 heteroatoms. The minimum absolute atomic E-state index is 0.463. The summed E-state index contributed by atoms with van der Waals surface area (Å²) in [5.74, 6) is 1.29. The summed E-state index contributed by atoms with van der Waals surface area (Å²) in [6, 6.07) is 5.39. The fourth-order valence-electron chi connectivity index (χ4n) is 1.26. The van der Waals surface area contributed by atoms with E-state index in [1.54, 1.807) is 26.2 Å². The minimum atomic E-state index is -0.510. The molecule has 0 aromatic heterocycles. The Bertz CT molecular complexity index is 369. The molecule has 0 amide bonds. The number of aliphatic hydroxyl groups excluding tert-OH is 1. The summed E-state index contributed by atoms with van der Waals surface area (Å²) in [5.41, 5.74) is 1.75. The van der Waals surface area contributed by atoms with Crippen molar-refractivity contribution in [3.63, 3.8) is 0 Å². The van der Waals surface area contributed by atoms with E-state index in [0.717, 1.165) is 11.1 Å². The van der Waals surface area contributed by atoms with Crippen molar-refractivity contribution < 1.29 is 14.6 Å². The average molecular weight is 222 g/mol. The first-order valence-electron chi connectivity index (χ1n) is 5.17.